The minimum atomic E-state index is 0.126. The van der Waals surface area contributed by atoms with Crippen molar-refractivity contribution in [3.05, 3.63) is 35.9 Å². The smallest absolute Gasteiger partial charge is 0.248 e. The summed E-state index contributed by atoms with van der Waals surface area (Å²) < 4.78 is 5.44. The summed E-state index contributed by atoms with van der Waals surface area (Å²) in [6.07, 6.45) is 3.50. The molecule has 1 aromatic carbocycles. The van der Waals surface area contributed by atoms with Gasteiger partial charge in [-0.25, -0.2) is 0 Å². The highest BCUT2D eigenvalue weighted by atomic mass is 16.5. The van der Waals surface area contributed by atoms with Gasteiger partial charge < -0.3 is 9.64 Å². The fraction of sp³-hybridized carbons (Fsp3) is 0.500. The van der Waals surface area contributed by atoms with E-state index in [4.69, 9.17) is 4.74 Å². The number of rotatable bonds is 4. The van der Waals surface area contributed by atoms with Gasteiger partial charge >= 0.3 is 0 Å². The molecule has 1 aliphatic heterocycles. The third kappa shape index (κ3) is 3.86. The van der Waals surface area contributed by atoms with Crippen LogP contribution in [0.1, 0.15) is 24.8 Å². The minimum absolute atomic E-state index is 0.126. The number of nitrogens with zero attached hydrogens (tertiary/aromatic N) is 1. The van der Waals surface area contributed by atoms with Crippen molar-refractivity contribution < 1.29 is 9.53 Å². The van der Waals surface area contributed by atoms with E-state index in [1.165, 1.54) is 6.42 Å². The van der Waals surface area contributed by atoms with Gasteiger partial charge in [0.05, 0.1) is 6.61 Å². The fourth-order valence-electron chi connectivity index (χ4n) is 2.07. The number of likely N-dealkylation sites (tertiary alicyclic amines) is 1. The van der Waals surface area contributed by atoms with Crippen LogP contribution in [0, 0.1) is 0 Å². The molecular weight excluding hydrogens is 214 g/mol. The Hall–Kier alpha value is -1.35. The molecule has 1 heterocycles. The van der Waals surface area contributed by atoms with E-state index in [-0.39, 0.29) is 12.5 Å². The second-order valence-corrected chi connectivity index (χ2v) is 4.42. The largest absolute Gasteiger partial charge is 0.367 e. The Labute approximate surface area is 102 Å². The summed E-state index contributed by atoms with van der Waals surface area (Å²) in [7, 11) is 0. The molecule has 3 heteroatoms. The highest BCUT2D eigenvalue weighted by molar-refractivity contribution is 5.77. The Kier molecular flexibility index (Phi) is 4.56. The van der Waals surface area contributed by atoms with Gasteiger partial charge in [-0.3, -0.25) is 4.79 Å². The molecule has 0 atom stereocenters. The molecule has 1 saturated heterocycles. The summed E-state index contributed by atoms with van der Waals surface area (Å²) in [6, 6.07) is 9.94. The Bertz CT molecular complexity index is 344. The van der Waals surface area contributed by atoms with Crippen molar-refractivity contribution in [3.8, 4) is 0 Å². The first-order valence-corrected chi connectivity index (χ1v) is 6.26. The lowest BCUT2D eigenvalue weighted by Crippen LogP contribution is -2.37. The molecule has 0 bridgehead atoms. The normalized spacial score (nSPS) is 15.9. The van der Waals surface area contributed by atoms with E-state index in [0.717, 1.165) is 31.5 Å². The van der Waals surface area contributed by atoms with Crippen molar-refractivity contribution in [1.29, 1.82) is 0 Å². The molecule has 3 nitrogen and oxygen atoms in total. The molecule has 0 radical (unpaired) electrons. The molecule has 1 aliphatic rings. The van der Waals surface area contributed by atoms with Crippen LogP contribution in [0.4, 0.5) is 0 Å². The molecule has 2 rings (SSSR count). The molecular formula is C14H19NO2. The van der Waals surface area contributed by atoms with Crippen LogP contribution < -0.4 is 0 Å². The van der Waals surface area contributed by atoms with Gasteiger partial charge in [0.1, 0.15) is 6.61 Å². The quantitative estimate of drug-likeness (QED) is 0.798. The first-order chi connectivity index (χ1) is 8.36. The third-order valence-corrected chi connectivity index (χ3v) is 3.05. The van der Waals surface area contributed by atoms with E-state index in [9.17, 15) is 4.79 Å². The topological polar surface area (TPSA) is 29.5 Å². The van der Waals surface area contributed by atoms with Crippen LogP contribution in [0.5, 0.6) is 0 Å². The number of carbonyl (C=O) groups excluding carboxylic acids is 1. The van der Waals surface area contributed by atoms with Gasteiger partial charge in [-0.05, 0) is 24.8 Å². The predicted octanol–water partition coefficient (Wildman–Crippen LogP) is 2.22. The first-order valence-electron chi connectivity index (χ1n) is 6.26. The maximum absolute atomic E-state index is 11.8. The number of hydrogen-bond donors (Lipinski definition) is 0. The summed E-state index contributed by atoms with van der Waals surface area (Å²) in [5, 5.41) is 0. The van der Waals surface area contributed by atoms with Crippen LogP contribution in [0.3, 0.4) is 0 Å². The molecule has 0 aliphatic carbocycles. The maximum Gasteiger partial charge on any atom is 0.248 e. The average Bonchev–Trinajstić information content (AvgIpc) is 2.41. The zero-order chi connectivity index (χ0) is 11.9. The van der Waals surface area contributed by atoms with Gasteiger partial charge in [0.2, 0.25) is 5.91 Å². The lowest BCUT2D eigenvalue weighted by atomic mass is 10.1. The summed E-state index contributed by atoms with van der Waals surface area (Å²) in [4.78, 5) is 13.7. The van der Waals surface area contributed by atoms with Crippen molar-refractivity contribution in [2.45, 2.75) is 25.9 Å². The predicted molar refractivity (Wildman–Crippen MR) is 66.5 cm³/mol. The second kappa shape index (κ2) is 6.40. The number of benzene rings is 1. The van der Waals surface area contributed by atoms with Crippen molar-refractivity contribution >= 4 is 5.91 Å². The molecule has 0 aromatic heterocycles. The van der Waals surface area contributed by atoms with Gasteiger partial charge in [-0.15, -0.1) is 0 Å². The Balaban J connectivity index is 1.69. The summed E-state index contributed by atoms with van der Waals surface area (Å²) in [6.45, 7) is 2.51. The van der Waals surface area contributed by atoms with Gasteiger partial charge in [-0.1, -0.05) is 30.3 Å². The monoisotopic (exact) mass is 233 g/mol. The van der Waals surface area contributed by atoms with Crippen LogP contribution in [-0.4, -0.2) is 30.5 Å². The van der Waals surface area contributed by atoms with Crippen LogP contribution in [0.2, 0.25) is 0 Å². The van der Waals surface area contributed by atoms with Crippen molar-refractivity contribution in [1.82, 2.24) is 4.90 Å². The van der Waals surface area contributed by atoms with Gasteiger partial charge in [0.15, 0.2) is 0 Å². The molecule has 0 saturated carbocycles. The minimum Gasteiger partial charge on any atom is -0.367 e. The van der Waals surface area contributed by atoms with Crippen LogP contribution in [0.25, 0.3) is 0 Å². The zero-order valence-corrected chi connectivity index (χ0v) is 10.1. The summed E-state index contributed by atoms with van der Waals surface area (Å²) >= 11 is 0. The fourth-order valence-corrected chi connectivity index (χ4v) is 2.07. The first kappa shape index (κ1) is 12.1. The van der Waals surface area contributed by atoms with E-state index >= 15 is 0 Å². The molecule has 0 unspecified atom stereocenters. The standard InChI is InChI=1S/C14H19NO2/c16-14(15-9-5-2-6-10-15)12-17-11-13-7-3-1-4-8-13/h1,3-4,7-8H,2,5-6,9-12H2. The zero-order valence-electron chi connectivity index (χ0n) is 10.1. The molecule has 0 spiro atoms. The Morgan fingerprint density at radius 3 is 2.53 bits per heavy atom. The maximum atomic E-state index is 11.8. The molecule has 1 aromatic rings. The SMILES string of the molecule is O=C(COCc1ccccc1)N1CCCCC1. The van der Waals surface area contributed by atoms with Crippen molar-refractivity contribution in [2.75, 3.05) is 19.7 Å². The van der Waals surface area contributed by atoms with Gasteiger partial charge in [0, 0.05) is 13.1 Å². The van der Waals surface area contributed by atoms with Crippen LogP contribution in [-0.2, 0) is 16.1 Å². The van der Waals surface area contributed by atoms with E-state index in [1.54, 1.807) is 0 Å². The molecule has 1 amide bonds. The molecule has 17 heavy (non-hydrogen) atoms. The lowest BCUT2D eigenvalue weighted by Gasteiger charge is -2.26. The Morgan fingerprint density at radius 1 is 1.12 bits per heavy atom. The van der Waals surface area contributed by atoms with Crippen molar-refractivity contribution in [2.24, 2.45) is 0 Å². The number of piperidine rings is 1. The number of hydrogen-bond acceptors (Lipinski definition) is 2. The number of amides is 1. The number of carbonyl (C=O) groups is 1. The van der Waals surface area contributed by atoms with Gasteiger partial charge in [-0.2, -0.15) is 0 Å². The van der Waals surface area contributed by atoms with Gasteiger partial charge in [0.25, 0.3) is 0 Å². The average molecular weight is 233 g/mol. The van der Waals surface area contributed by atoms with Crippen molar-refractivity contribution in [3.63, 3.8) is 0 Å². The highest BCUT2D eigenvalue weighted by Crippen LogP contribution is 2.09. The number of ether oxygens (including phenoxy) is 1. The molecule has 1 fully saturated rings. The molecule has 0 N–H and O–H groups in total. The Morgan fingerprint density at radius 2 is 1.82 bits per heavy atom. The van der Waals surface area contributed by atoms with E-state index in [2.05, 4.69) is 0 Å². The van der Waals surface area contributed by atoms with Crippen LogP contribution in [0.15, 0.2) is 30.3 Å². The van der Waals surface area contributed by atoms with Crippen LogP contribution >= 0.6 is 0 Å². The summed E-state index contributed by atoms with van der Waals surface area (Å²) in [5.74, 6) is 0.126. The lowest BCUT2D eigenvalue weighted by molar-refractivity contribution is -0.137. The third-order valence-electron chi connectivity index (χ3n) is 3.05. The van der Waals surface area contributed by atoms with E-state index in [0.29, 0.717) is 6.61 Å². The van der Waals surface area contributed by atoms with E-state index in [1.807, 2.05) is 35.2 Å². The molecule has 92 valence electrons. The van der Waals surface area contributed by atoms with E-state index < -0.39 is 0 Å². The highest BCUT2D eigenvalue weighted by Gasteiger charge is 2.15. The summed E-state index contributed by atoms with van der Waals surface area (Å²) in [5.41, 5.74) is 1.11. The second-order valence-electron chi connectivity index (χ2n) is 4.42.